The molecule has 0 saturated carbocycles. The summed E-state index contributed by atoms with van der Waals surface area (Å²) in [5.74, 6) is 0.364. The second kappa shape index (κ2) is 6.92. The summed E-state index contributed by atoms with van der Waals surface area (Å²) in [4.78, 5) is 2.54. The molecule has 1 heterocycles. The van der Waals surface area contributed by atoms with Crippen molar-refractivity contribution in [1.82, 2.24) is 10.2 Å². The van der Waals surface area contributed by atoms with Gasteiger partial charge < -0.3 is 10.4 Å². The second-order valence-electron chi connectivity index (χ2n) is 5.68. The van der Waals surface area contributed by atoms with Gasteiger partial charge in [-0.2, -0.15) is 0 Å². The summed E-state index contributed by atoms with van der Waals surface area (Å²) in [6.45, 7) is 7.69. The molecule has 0 spiro atoms. The summed E-state index contributed by atoms with van der Waals surface area (Å²) in [5, 5.41) is 13.2. The van der Waals surface area contributed by atoms with Gasteiger partial charge in [0.15, 0.2) is 0 Å². The first-order chi connectivity index (χ1) is 9.19. The Morgan fingerprint density at radius 1 is 1.42 bits per heavy atom. The van der Waals surface area contributed by atoms with Gasteiger partial charge in [0.1, 0.15) is 5.75 Å². The zero-order valence-corrected chi connectivity index (χ0v) is 12.1. The first-order valence-corrected chi connectivity index (χ1v) is 7.44. The van der Waals surface area contributed by atoms with Gasteiger partial charge in [0.05, 0.1) is 0 Å². The smallest absolute Gasteiger partial charge is 0.115 e. The number of nitrogens with zero attached hydrogens (tertiary/aromatic N) is 1. The summed E-state index contributed by atoms with van der Waals surface area (Å²) in [7, 11) is 0. The SMILES string of the molecule is CCCC1CN(Cc2cccc(O)c2)C(C)CCN1. The molecular formula is C16H26N2O. The number of phenolic OH excluding ortho intramolecular Hbond substituents is 1. The van der Waals surface area contributed by atoms with Crippen molar-refractivity contribution in [2.24, 2.45) is 0 Å². The fourth-order valence-corrected chi connectivity index (χ4v) is 2.86. The molecule has 0 amide bonds. The molecule has 106 valence electrons. The van der Waals surface area contributed by atoms with Crippen LogP contribution in [0, 0.1) is 0 Å². The lowest BCUT2D eigenvalue weighted by atomic mass is 10.1. The molecule has 0 radical (unpaired) electrons. The molecule has 0 bridgehead atoms. The third kappa shape index (κ3) is 4.22. The molecule has 1 saturated heterocycles. The number of rotatable bonds is 4. The zero-order valence-electron chi connectivity index (χ0n) is 12.1. The minimum atomic E-state index is 0.364. The lowest BCUT2D eigenvalue weighted by Gasteiger charge is -2.29. The Morgan fingerprint density at radius 3 is 3.00 bits per heavy atom. The predicted octanol–water partition coefficient (Wildman–Crippen LogP) is 2.74. The van der Waals surface area contributed by atoms with E-state index in [1.165, 1.54) is 24.8 Å². The molecular weight excluding hydrogens is 236 g/mol. The van der Waals surface area contributed by atoms with Crippen LogP contribution in [0.25, 0.3) is 0 Å². The van der Waals surface area contributed by atoms with E-state index in [-0.39, 0.29) is 0 Å². The van der Waals surface area contributed by atoms with E-state index in [9.17, 15) is 5.11 Å². The fraction of sp³-hybridized carbons (Fsp3) is 0.625. The molecule has 1 fully saturated rings. The van der Waals surface area contributed by atoms with Crippen molar-refractivity contribution in [3.05, 3.63) is 29.8 Å². The molecule has 1 aliphatic heterocycles. The van der Waals surface area contributed by atoms with Gasteiger partial charge in [-0.15, -0.1) is 0 Å². The van der Waals surface area contributed by atoms with Gasteiger partial charge in [0, 0.05) is 25.2 Å². The van der Waals surface area contributed by atoms with Crippen LogP contribution in [-0.2, 0) is 6.54 Å². The summed E-state index contributed by atoms with van der Waals surface area (Å²) in [6.07, 6.45) is 3.66. The highest BCUT2D eigenvalue weighted by Gasteiger charge is 2.22. The maximum absolute atomic E-state index is 9.57. The summed E-state index contributed by atoms with van der Waals surface area (Å²) < 4.78 is 0. The third-order valence-corrected chi connectivity index (χ3v) is 4.01. The topological polar surface area (TPSA) is 35.5 Å². The maximum Gasteiger partial charge on any atom is 0.115 e. The van der Waals surface area contributed by atoms with Crippen LogP contribution in [0.15, 0.2) is 24.3 Å². The van der Waals surface area contributed by atoms with Gasteiger partial charge >= 0.3 is 0 Å². The first-order valence-electron chi connectivity index (χ1n) is 7.44. The highest BCUT2D eigenvalue weighted by molar-refractivity contribution is 5.27. The summed E-state index contributed by atoms with van der Waals surface area (Å²) >= 11 is 0. The van der Waals surface area contributed by atoms with E-state index in [0.717, 1.165) is 19.6 Å². The van der Waals surface area contributed by atoms with Gasteiger partial charge in [-0.05, 0) is 44.0 Å². The molecule has 19 heavy (non-hydrogen) atoms. The van der Waals surface area contributed by atoms with Gasteiger partial charge in [0.2, 0.25) is 0 Å². The van der Waals surface area contributed by atoms with Gasteiger partial charge in [-0.3, -0.25) is 4.90 Å². The molecule has 0 aromatic heterocycles. The van der Waals surface area contributed by atoms with Crippen LogP contribution >= 0.6 is 0 Å². The quantitative estimate of drug-likeness (QED) is 0.876. The van der Waals surface area contributed by atoms with Crippen LogP contribution in [0.4, 0.5) is 0 Å². The minimum absolute atomic E-state index is 0.364. The summed E-state index contributed by atoms with van der Waals surface area (Å²) in [6, 6.07) is 8.83. The van der Waals surface area contributed by atoms with Crippen molar-refractivity contribution in [1.29, 1.82) is 0 Å². The Hall–Kier alpha value is -1.06. The Morgan fingerprint density at radius 2 is 2.26 bits per heavy atom. The van der Waals surface area contributed by atoms with Crippen LogP contribution in [0.5, 0.6) is 5.75 Å². The number of benzene rings is 1. The van der Waals surface area contributed by atoms with Crippen LogP contribution in [-0.4, -0.2) is 35.2 Å². The molecule has 2 unspecified atom stereocenters. The van der Waals surface area contributed by atoms with Gasteiger partial charge in [0.25, 0.3) is 0 Å². The Kier molecular flexibility index (Phi) is 5.23. The van der Waals surface area contributed by atoms with Crippen molar-refractivity contribution in [2.45, 2.75) is 51.7 Å². The minimum Gasteiger partial charge on any atom is -0.508 e. The van der Waals surface area contributed by atoms with Crippen molar-refractivity contribution in [3.63, 3.8) is 0 Å². The Balaban J connectivity index is 2.02. The average Bonchev–Trinajstić information content (AvgIpc) is 2.53. The molecule has 3 nitrogen and oxygen atoms in total. The number of aromatic hydroxyl groups is 1. The van der Waals surface area contributed by atoms with E-state index < -0.39 is 0 Å². The second-order valence-corrected chi connectivity index (χ2v) is 5.68. The van der Waals surface area contributed by atoms with Crippen LogP contribution in [0.2, 0.25) is 0 Å². The van der Waals surface area contributed by atoms with Crippen LogP contribution in [0.1, 0.15) is 38.7 Å². The average molecular weight is 262 g/mol. The van der Waals surface area contributed by atoms with Crippen molar-refractivity contribution < 1.29 is 5.11 Å². The number of hydrogen-bond donors (Lipinski definition) is 2. The fourth-order valence-electron chi connectivity index (χ4n) is 2.86. The molecule has 0 aliphatic carbocycles. The maximum atomic E-state index is 9.57. The van der Waals surface area contributed by atoms with Crippen LogP contribution in [0.3, 0.4) is 0 Å². The van der Waals surface area contributed by atoms with E-state index in [1.54, 1.807) is 6.07 Å². The molecule has 1 aromatic rings. The van der Waals surface area contributed by atoms with E-state index in [0.29, 0.717) is 17.8 Å². The van der Waals surface area contributed by atoms with E-state index in [4.69, 9.17) is 0 Å². The van der Waals surface area contributed by atoms with E-state index in [2.05, 4.69) is 30.1 Å². The molecule has 1 aromatic carbocycles. The third-order valence-electron chi connectivity index (χ3n) is 4.01. The van der Waals surface area contributed by atoms with Gasteiger partial charge in [-0.25, -0.2) is 0 Å². The highest BCUT2D eigenvalue weighted by Crippen LogP contribution is 2.18. The monoisotopic (exact) mass is 262 g/mol. The Bertz CT molecular complexity index is 394. The van der Waals surface area contributed by atoms with E-state index in [1.807, 2.05) is 12.1 Å². The number of phenols is 1. The van der Waals surface area contributed by atoms with E-state index >= 15 is 0 Å². The van der Waals surface area contributed by atoms with Crippen molar-refractivity contribution in [2.75, 3.05) is 13.1 Å². The van der Waals surface area contributed by atoms with Crippen molar-refractivity contribution >= 4 is 0 Å². The lowest BCUT2D eigenvalue weighted by Crippen LogP contribution is -2.39. The lowest BCUT2D eigenvalue weighted by molar-refractivity contribution is 0.193. The predicted molar refractivity (Wildman–Crippen MR) is 79.3 cm³/mol. The summed E-state index contributed by atoms with van der Waals surface area (Å²) in [5.41, 5.74) is 1.20. The molecule has 2 atom stereocenters. The highest BCUT2D eigenvalue weighted by atomic mass is 16.3. The zero-order chi connectivity index (χ0) is 13.7. The molecule has 2 N–H and O–H groups in total. The molecule has 2 rings (SSSR count). The number of nitrogens with one attached hydrogen (secondary N) is 1. The number of hydrogen-bond acceptors (Lipinski definition) is 3. The van der Waals surface area contributed by atoms with Gasteiger partial charge in [-0.1, -0.05) is 25.5 Å². The Labute approximate surface area is 116 Å². The molecule has 3 heteroatoms. The largest absolute Gasteiger partial charge is 0.508 e. The molecule has 1 aliphatic rings. The van der Waals surface area contributed by atoms with Crippen LogP contribution < -0.4 is 5.32 Å². The standard InChI is InChI=1S/C16H26N2O/c1-3-5-15-12-18(13(2)8-9-17-15)11-14-6-4-7-16(19)10-14/h4,6-7,10,13,15,17,19H,3,5,8-9,11-12H2,1-2H3. The first kappa shape index (κ1) is 14.4. The van der Waals surface area contributed by atoms with Crippen molar-refractivity contribution in [3.8, 4) is 5.75 Å². The normalized spacial score (nSPS) is 25.2.